The van der Waals surface area contributed by atoms with Crippen molar-refractivity contribution < 1.29 is 0 Å². The quantitative estimate of drug-likeness (QED) is 0.693. The third-order valence-electron chi connectivity index (χ3n) is 1.49. The fourth-order valence-electron chi connectivity index (χ4n) is 0.863. The molecule has 0 aliphatic heterocycles. The number of rotatable bonds is 1. The minimum atomic E-state index is -0.269. The first kappa shape index (κ1) is 10.9. The van der Waals surface area contributed by atoms with Crippen molar-refractivity contribution in [3.8, 4) is 0 Å². The molecule has 0 radical (unpaired) electrons. The van der Waals surface area contributed by atoms with Gasteiger partial charge < -0.3 is 4.98 Å². The molecule has 3 heteroatoms. The number of aromatic nitrogens is 2. The van der Waals surface area contributed by atoms with E-state index in [2.05, 4.69) is 9.97 Å². The number of aryl methyl sites for hydroxylation is 2. The average molecular weight is 168 g/mol. The Morgan fingerprint density at radius 1 is 1.50 bits per heavy atom. The molecular weight excluding hydrogens is 152 g/mol. The maximum atomic E-state index is 10.6. The molecular formula is C9H16N2O. The van der Waals surface area contributed by atoms with Crippen molar-refractivity contribution in [1.82, 2.24) is 9.97 Å². The Balaban J connectivity index is 0.000000561. The van der Waals surface area contributed by atoms with Gasteiger partial charge in [-0.05, 0) is 18.9 Å². The maximum Gasteiger partial charge on any atom is 0.345 e. The van der Waals surface area contributed by atoms with Gasteiger partial charge in [0.1, 0.15) is 0 Å². The molecule has 1 N–H and O–H groups in total. The van der Waals surface area contributed by atoms with Crippen LogP contribution in [0.25, 0.3) is 0 Å². The van der Waals surface area contributed by atoms with Crippen molar-refractivity contribution in [3.05, 3.63) is 27.9 Å². The van der Waals surface area contributed by atoms with Gasteiger partial charge in [0, 0.05) is 11.9 Å². The average Bonchev–Trinajstić information content (AvgIpc) is 2.08. The summed E-state index contributed by atoms with van der Waals surface area (Å²) in [6, 6.07) is 0. The predicted octanol–water partition coefficient (Wildman–Crippen LogP) is 1.67. The smallest absolute Gasteiger partial charge is 0.310 e. The fourth-order valence-corrected chi connectivity index (χ4v) is 0.863. The first-order chi connectivity index (χ1) is 5.74. The second-order valence-corrected chi connectivity index (χ2v) is 2.19. The van der Waals surface area contributed by atoms with E-state index in [9.17, 15) is 4.79 Å². The van der Waals surface area contributed by atoms with E-state index in [1.54, 1.807) is 6.20 Å². The molecule has 1 aromatic heterocycles. The van der Waals surface area contributed by atoms with Crippen LogP contribution in [0.4, 0.5) is 0 Å². The molecule has 0 unspecified atom stereocenters. The lowest BCUT2D eigenvalue weighted by atomic mass is 10.2. The highest BCUT2D eigenvalue weighted by Crippen LogP contribution is 1.98. The molecule has 68 valence electrons. The molecule has 0 bridgehead atoms. The van der Waals surface area contributed by atoms with Crippen LogP contribution in [0.15, 0.2) is 11.0 Å². The number of H-pyrrole nitrogens is 1. The lowest BCUT2D eigenvalue weighted by Crippen LogP contribution is -2.12. The van der Waals surface area contributed by atoms with Gasteiger partial charge in [0.15, 0.2) is 0 Å². The van der Waals surface area contributed by atoms with Crippen LogP contribution in [-0.4, -0.2) is 9.97 Å². The summed E-state index contributed by atoms with van der Waals surface area (Å²) in [5.74, 6) is 0. The van der Waals surface area contributed by atoms with Gasteiger partial charge in [0.25, 0.3) is 0 Å². The van der Waals surface area contributed by atoms with Crippen LogP contribution in [0.3, 0.4) is 0 Å². The van der Waals surface area contributed by atoms with Crippen LogP contribution in [-0.2, 0) is 6.42 Å². The molecule has 0 amide bonds. The Morgan fingerprint density at radius 2 is 2.08 bits per heavy atom. The summed E-state index contributed by atoms with van der Waals surface area (Å²) < 4.78 is 0. The zero-order chi connectivity index (χ0) is 9.56. The number of nitrogens with one attached hydrogen (secondary N) is 1. The first-order valence-electron chi connectivity index (χ1n) is 4.29. The normalized spacial score (nSPS) is 8.67. The number of hydrogen-bond acceptors (Lipinski definition) is 2. The van der Waals surface area contributed by atoms with Crippen LogP contribution in [0.1, 0.15) is 32.0 Å². The second-order valence-electron chi connectivity index (χ2n) is 2.19. The predicted molar refractivity (Wildman–Crippen MR) is 50.3 cm³/mol. The molecule has 0 spiro atoms. The number of nitrogens with zero attached hydrogens (tertiary/aromatic N) is 1. The number of hydrogen-bond donors (Lipinski definition) is 1. The molecule has 0 saturated carbocycles. The summed E-state index contributed by atoms with van der Waals surface area (Å²) in [6.07, 6.45) is 2.53. The fraction of sp³-hybridized carbons (Fsp3) is 0.556. The van der Waals surface area contributed by atoms with Crippen molar-refractivity contribution >= 4 is 0 Å². The van der Waals surface area contributed by atoms with Gasteiger partial charge >= 0.3 is 5.69 Å². The van der Waals surface area contributed by atoms with Crippen LogP contribution >= 0.6 is 0 Å². The summed E-state index contributed by atoms with van der Waals surface area (Å²) in [5.41, 5.74) is 1.75. The summed E-state index contributed by atoms with van der Waals surface area (Å²) in [5, 5.41) is 0. The molecule has 0 aromatic carbocycles. The SMILES string of the molecule is CC.CCc1cnc(=O)[nH]c1C. The summed E-state index contributed by atoms with van der Waals surface area (Å²) in [6.45, 7) is 7.91. The molecule has 0 aliphatic rings. The Kier molecular flexibility index (Phi) is 5.00. The standard InChI is InChI=1S/C7H10N2O.C2H6/c1-3-6-4-8-7(10)9-5(6)2;1-2/h4H,3H2,1-2H3,(H,8,9,10);1-2H3. The third-order valence-corrected chi connectivity index (χ3v) is 1.49. The molecule has 1 heterocycles. The largest absolute Gasteiger partial charge is 0.345 e. The van der Waals surface area contributed by atoms with Crippen molar-refractivity contribution in [2.45, 2.75) is 34.1 Å². The highest BCUT2D eigenvalue weighted by Gasteiger charge is 1.94. The molecule has 0 aliphatic carbocycles. The maximum absolute atomic E-state index is 10.6. The van der Waals surface area contributed by atoms with Crippen LogP contribution in [0, 0.1) is 6.92 Å². The van der Waals surface area contributed by atoms with Crippen molar-refractivity contribution in [3.63, 3.8) is 0 Å². The highest BCUT2D eigenvalue weighted by atomic mass is 16.1. The Hall–Kier alpha value is -1.12. The van der Waals surface area contributed by atoms with Gasteiger partial charge in [-0.25, -0.2) is 9.78 Å². The molecule has 1 aromatic rings. The first-order valence-corrected chi connectivity index (χ1v) is 4.29. The van der Waals surface area contributed by atoms with E-state index in [1.165, 1.54) is 0 Å². The van der Waals surface area contributed by atoms with Gasteiger partial charge in [0.05, 0.1) is 0 Å². The Bertz CT molecular complexity index is 278. The molecule has 12 heavy (non-hydrogen) atoms. The summed E-state index contributed by atoms with van der Waals surface area (Å²) >= 11 is 0. The van der Waals surface area contributed by atoms with E-state index in [0.717, 1.165) is 17.7 Å². The van der Waals surface area contributed by atoms with Gasteiger partial charge in [-0.2, -0.15) is 0 Å². The zero-order valence-corrected chi connectivity index (χ0v) is 8.14. The van der Waals surface area contributed by atoms with Crippen molar-refractivity contribution in [2.75, 3.05) is 0 Å². The van der Waals surface area contributed by atoms with Crippen LogP contribution < -0.4 is 5.69 Å². The highest BCUT2D eigenvalue weighted by molar-refractivity contribution is 5.13. The minimum Gasteiger partial charge on any atom is -0.310 e. The van der Waals surface area contributed by atoms with Gasteiger partial charge in [0.2, 0.25) is 0 Å². The van der Waals surface area contributed by atoms with Gasteiger partial charge in [-0.3, -0.25) is 0 Å². The molecule has 3 nitrogen and oxygen atoms in total. The number of aromatic amines is 1. The van der Waals surface area contributed by atoms with E-state index >= 15 is 0 Å². The third kappa shape index (κ3) is 2.86. The molecule has 1 rings (SSSR count). The second kappa shape index (κ2) is 5.52. The van der Waals surface area contributed by atoms with E-state index in [-0.39, 0.29) is 5.69 Å². The minimum absolute atomic E-state index is 0.269. The van der Waals surface area contributed by atoms with Gasteiger partial charge in [-0.1, -0.05) is 20.8 Å². The van der Waals surface area contributed by atoms with Crippen molar-refractivity contribution in [1.29, 1.82) is 0 Å². The van der Waals surface area contributed by atoms with E-state index in [4.69, 9.17) is 0 Å². The van der Waals surface area contributed by atoms with E-state index in [0.29, 0.717) is 0 Å². The summed E-state index contributed by atoms with van der Waals surface area (Å²) in [7, 11) is 0. The zero-order valence-electron chi connectivity index (χ0n) is 8.14. The van der Waals surface area contributed by atoms with Crippen molar-refractivity contribution in [2.24, 2.45) is 0 Å². The Morgan fingerprint density at radius 3 is 2.50 bits per heavy atom. The molecule has 0 saturated heterocycles. The Labute approximate surface area is 72.9 Å². The van der Waals surface area contributed by atoms with Crippen LogP contribution in [0.2, 0.25) is 0 Å². The van der Waals surface area contributed by atoms with Gasteiger partial charge in [-0.15, -0.1) is 0 Å². The lowest BCUT2D eigenvalue weighted by Gasteiger charge is -1.97. The lowest BCUT2D eigenvalue weighted by molar-refractivity contribution is 0.954. The monoisotopic (exact) mass is 168 g/mol. The topological polar surface area (TPSA) is 45.8 Å². The van der Waals surface area contributed by atoms with Crippen LogP contribution in [0.5, 0.6) is 0 Å². The molecule has 0 fully saturated rings. The summed E-state index contributed by atoms with van der Waals surface area (Å²) in [4.78, 5) is 16.8. The van der Waals surface area contributed by atoms with E-state index < -0.39 is 0 Å². The molecule has 0 atom stereocenters. The van der Waals surface area contributed by atoms with E-state index in [1.807, 2.05) is 27.7 Å².